The molecular weight excluding hydrogens is 432 g/mol. The molecule has 11 heteroatoms. The zero-order valence-corrected chi connectivity index (χ0v) is 18.6. The van der Waals surface area contributed by atoms with Crippen molar-refractivity contribution in [3.8, 4) is 17.7 Å². The molecule has 0 aliphatic heterocycles. The summed E-state index contributed by atoms with van der Waals surface area (Å²) in [4.78, 5) is 25.7. The third-order valence-electron chi connectivity index (χ3n) is 5.17. The highest BCUT2D eigenvalue weighted by Gasteiger charge is 2.17. The van der Waals surface area contributed by atoms with E-state index in [1.807, 2.05) is 35.8 Å². The first-order valence-electron chi connectivity index (χ1n) is 10.3. The van der Waals surface area contributed by atoms with Gasteiger partial charge in [0.1, 0.15) is 18.2 Å². The van der Waals surface area contributed by atoms with Gasteiger partial charge in [-0.05, 0) is 57.2 Å². The second kappa shape index (κ2) is 8.18. The van der Waals surface area contributed by atoms with Gasteiger partial charge in [0.15, 0.2) is 17.3 Å². The second-order valence-electron chi connectivity index (χ2n) is 7.66. The summed E-state index contributed by atoms with van der Waals surface area (Å²) in [5.74, 6) is 1.15. The summed E-state index contributed by atoms with van der Waals surface area (Å²) in [6.45, 7) is 5.10. The number of rotatable bonds is 5. The molecule has 0 spiro atoms. The van der Waals surface area contributed by atoms with Crippen molar-refractivity contribution in [3.05, 3.63) is 71.6 Å². The highest BCUT2D eigenvalue weighted by Crippen LogP contribution is 2.24. The average molecular weight is 450 g/mol. The molecule has 4 aromatic heterocycles. The van der Waals surface area contributed by atoms with Crippen molar-refractivity contribution in [1.82, 2.24) is 39.5 Å². The fourth-order valence-corrected chi connectivity index (χ4v) is 3.54. The Morgan fingerprint density at radius 3 is 2.65 bits per heavy atom. The van der Waals surface area contributed by atoms with Crippen LogP contribution in [0.25, 0.3) is 22.7 Å². The van der Waals surface area contributed by atoms with Gasteiger partial charge in [0, 0.05) is 11.4 Å². The number of fused-ring (bicyclic) bond motifs is 1. The number of benzene rings is 1. The molecule has 0 atom stereocenters. The molecule has 166 valence electrons. The smallest absolute Gasteiger partial charge is 0.247 e. The summed E-state index contributed by atoms with van der Waals surface area (Å²) in [7, 11) is 0. The molecule has 5 rings (SSSR count). The van der Waals surface area contributed by atoms with Crippen LogP contribution < -0.4 is 5.32 Å². The van der Waals surface area contributed by atoms with Crippen molar-refractivity contribution in [1.29, 1.82) is 5.26 Å². The van der Waals surface area contributed by atoms with E-state index in [2.05, 4.69) is 30.6 Å². The van der Waals surface area contributed by atoms with Crippen LogP contribution >= 0.6 is 0 Å². The molecule has 0 aliphatic rings. The first kappa shape index (κ1) is 20.9. The number of nitrogens with one attached hydrogen (secondary N) is 1. The molecule has 11 nitrogen and oxygen atoms in total. The predicted molar refractivity (Wildman–Crippen MR) is 123 cm³/mol. The number of nitriles is 1. The van der Waals surface area contributed by atoms with Crippen LogP contribution in [0.15, 0.2) is 48.9 Å². The van der Waals surface area contributed by atoms with Crippen LogP contribution in [0.3, 0.4) is 0 Å². The SMILES string of the molecule is CC(=O)c1ccc(-n2cnc3cc(Nc4ncc(C)nn4)ccc32)nc1-n1nc(C#N)cc1C. The van der Waals surface area contributed by atoms with Crippen LogP contribution in [0.4, 0.5) is 11.6 Å². The van der Waals surface area contributed by atoms with Crippen molar-refractivity contribution in [3.63, 3.8) is 0 Å². The van der Waals surface area contributed by atoms with Gasteiger partial charge in [-0.2, -0.15) is 15.5 Å². The van der Waals surface area contributed by atoms with E-state index in [0.717, 1.165) is 22.4 Å². The Kier molecular flexibility index (Phi) is 5.03. The number of aromatic nitrogens is 8. The zero-order chi connectivity index (χ0) is 23.8. The van der Waals surface area contributed by atoms with E-state index in [1.54, 1.807) is 37.6 Å². The Morgan fingerprint density at radius 2 is 1.94 bits per heavy atom. The predicted octanol–water partition coefficient (Wildman–Crippen LogP) is 3.23. The third-order valence-corrected chi connectivity index (χ3v) is 5.17. The number of anilines is 2. The lowest BCUT2D eigenvalue weighted by atomic mass is 10.2. The van der Waals surface area contributed by atoms with E-state index in [0.29, 0.717) is 28.8 Å². The van der Waals surface area contributed by atoms with E-state index in [4.69, 9.17) is 4.98 Å². The van der Waals surface area contributed by atoms with Crippen LogP contribution in [-0.2, 0) is 0 Å². The lowest BCUT2D eigenvalue weighted by molar-refractivity contribution is 0.101. The van der Waals surface area contributed by atoms with Crippen LogP contribution in [-0.4, -0.2) is 45.3 Å². The van der Waals surface area contributed by atoms with Gasteiger partial charge in [-0.3, -0.25) is 9.36 Å². The maximum Gasteiger partial charge on any atom is 0.247 e. The minimum atomic E-state index is -0.151. The van der Waals surface area contributed by atoms with E-state index in [-0.39, 0.29) is 11.5 Å². The second-order valence-corrected chi connectivity index (χ2v) is 7.66. The number of ketones is 1. The molecule has 0 amide bonds. The van der Waals surface area contributed by atoms with Crippen molar-refractivity contribution in [2.24, 2.45) is 0 Å². The monoisotopic (exact) mass is 450 g/mol. The van der Waals surface area contributed by atoms with Crippen molar-refractivity contribution in [2.75, 3.05) is 5.32 Å². The molecule has 4 heterocycles. The summed E-state index contributed by atoms with van der Waals surface area (Å²) < 4.78 is 3.33. The highest BCUT2D eigenvalue weighted by molar-refractivity contribution is 5.97. The van der Waals surface area contributed by atoms with Gasteiger partial charge in [-0.15, -0.1) is 5.10 Å². The van der Waals surface area contributed by atoms with Crippen molar-refractivity contribution < 1.29 is 4.79 Å². The lowest BCUT2D eigenvalue weighted by Crippen LogP contribution is -2.11. The summed E-state index contributed by atoms with van der Waals surface area (Å²) >= 11 is 0. The van der Waals surface area contributed by atoms with E-state index >= 15 is 0 Å². The molecule has 34 heavy (non-hydrogen) atoms. The van der Waals surface area contributed by atoms with Crippen LogP contribution in [0.1, 0.15) is 34.4 Å². The molecule has 0 unspecified atom stereocenters. The van der Waals surface area contributed by atoms with E-state index < -0.39 is 0 Å². The topological polar surface area (TPSA) is 140 Å². The first-order chi connectivity index (χ1) is 16.4. The van der Waals surface area contributed by atoms with Crippen molar-refractivity contribution in [2.45, 2.75) is 20.8 Å². The fourth-order valence-electron chi connectivity index (χ4n) is 3.54. The Morgan fingerprint density at radius 1 is 1.09 bits per heavy atom. The molecular formula is C23H18N10O. The fraction of sp³-hybridized carbons (Fsp3) is 0.130. The largest absolute Gasteiger partial charge is 0.323 e. The quantitative estimate of drug-likeness (QED) is 0.400. The number of aryl methyl sites for hydroxylation is 2. The van der Waals surface area contributed by atoms with Gasteiger partial charge in [0.25, 0.3) is 0 Å². The van der Waals surface area contributed by atoms with Crippen LogP contribution in [0.2, 0.25) is 0 Å². The highest BCUT2D eigenvalue weighted by atomic mass is 16.1. The standard InChI is InChI=1S/C23H18N10O/c1-13-11-25-23(30-29-13)27-16-4-6-20-19(9-16)26-12-32(20)21-7-5-18(15(3)34)22(28-21)33-14(2)8-17(10-24)31-33/h4-9,11-12H,1-3H3,(H,25,27,30). The molecule has 1 N–H and O–H groups in total. The molecule has 0 aliphatic carbocycles. The van der Waals surface area contributed by atoms with E-state index in [9.17, 15) is 10.1 Å². The minimum absolute atomic E-state index is 0.151. The van der Waals surface area contributed by atoms with Crippen LogP contribution in [0, 0.1) is 25.2 Å². The normalized spacial score (nSPS) is 10.9. The zero-order valence-electron chi connectivity index (χ0n) is 18.6. The first-order valence-corrected chi connectivity index (χ1v) is 10.3. The number of hydrogen-bond donors (Lipinski definition) is 1. The lowest BCUT2D eigenvalue weighted by Gasteiger charge is -2.11. The third kappa shape index (κ3) is 3.73. The molecule has 0 fully saturated rings. The molecule has 0 saturated carbocycles. The molecule has 5 aromatic rings. The Hall–Kier alpha value is -4.98. The molecule has 0 saturated heterocycles. The molecule has 0 radical (unpaired) electrons. The Balaban J connectivity index is 1.55. The van der Waals surface area contributed by atoms with Gasteiger partial charge in [0.2, 0.25) is 5.95 Å². The van der Waals surface area contributed by atoms with Crippen LogP contribution in [0.5, 0.6) is 0 Å². The maximum atomic E-state index is 12.3. The average Bonchev–Trinajstić information content (AvgIpc) is 3.43. The summed E-state index contributed by atoms with van der Waals surface area (Å²) in [5, 5.41) is 24.6. The maximum absolute atomic E-state index is 12.3. The number of imidazole rings is 1. The van der Waals surface area contributed by atoms with Gasteiger partial charge in [-0.1, -0.05) is 0 Å². The number of nitrogens with zero attached hydrogens (tertiary/aromatic N) is 9. The van der Waals surface area contributed by atoms with Gasteiger partial charge < -0.3 is 5.32 Å². The number of hydrogen-bond acceptors (Lipinski definition) is 9. The van der Waals surface area contributed by atoms with Crippen molar-refractivity contribution >= 4 is 28.5 Å². The summed E-state index contributed by atoms with van der Waals surface area (Å²) in [6, 6.07) is 12.8. The molecule has 0 bridgehead atoms. The molecule has 1 aromatic carbocycles. The van der Waals surface area contributed by atoms with Gasteiger partial charge >= 0.3 is 0 Å². The summed E-state index contributed by atoms with van der Waals surface area (Å²) in [5.41, 5.74) is 4.39. The Bertz CT molecular complexity index is 1590. The number of pyridine rings is 1. The number of carbonyl (C=O) groups is 1. The Labute approximate surface area is 193 Å². The summed E-state index contributed by atoms with van der Waals surface area (Å²) in [6.07, 6.45) is 3.30. The van der Waals surface area contributed by atoms with Gasteiger partial charge in [-0.25, -0.2) is 19.6 Å². The van der Waals surface area contributed by atoms with Gasteiger partial charge in [0.05, 0.1) is 28.5 Å². The van der Waals surface area contributed by atoms with E-state index in [1.165, 1.54) is 11.6 Å². The minimum Gasteiger partial charge on any atom is -0.323 e. The number of Topliss-reactive ketones (excluding diaryl/α,β-unsaturated/α-hetero) is 1. The number of carbonyl (C=O) groups excluding carboxylic acids is 1.